The summed E-state index contributed by atoms with van der Waals surface area (Å²) in [5.74, 6) is -0.216. The summed E-state index contributed by atoms with van der Waals surface area (Å²) in [5, 5.41) is 7.05. The van der Waals surface area contributed by atoms with Crippen LogP contribution < -0.4 is 4.74 Å². The van der Waals surface area contributed by atoms with Crippen LogP contribution in [0.5, 0.6) is 5.75 Å². The number of aromatic nitrogens is 2. The van der Waals surface area contributed by atoms with Gasteiger partial charge in [0.1, 0.15) is 5.01 Å². The molecule has 0 aliphatic carbocycles. The highest BCUT2D eigenvalue weighted by Crippen LogP contribution is 2.29. The fourth-order valence-electron chi connectivity index (χ4n) is 1.18. The molecule has 2 aromatic rings. The Morgan fingerprint density at radius 3 is 2.93 bits per heavy atom. The fourth-order valence-corrected chi connectivity index (χ4v) is 2.09. The molecule has 0 spiro atoms. The number of nitrogens with zero attached hydrogens (tertiary/aromatic N) is 1. The van der Waals surface area contributed by atoms with Crippen LogP contribution in [0.15, 0.2) is 18.2 Å². The van der Waals surface area contributed by atoms with Crippen molar-refractivity contribution in [3.63, 3.8) is 0 Å². The molecule has 6 heteroatoms. The van der Waals surface area contributed by atoms with Crippen molar-refractivity contribution < 1.29 is 9.13 Å². The van der Waals surface area contributed by atoms with Gasteiger partial charge in [-0.15, -0.1) is 0 Å². The highest BCUT2D eigenvalue weighted by atomic mass is 32.1. The van der Waals surface area contributed by atoms with E-state index in [2.05, 4.69) is 10.2 Å². The van der Waals surface area contributed by atoms with Gasteiger partial charge in [0, 0.05) is 0 Å². The number of ether oxygens (including phenoxy) is 1. The molecule has 0 atom stereocenters. The van der Waals surface area contributed by atoms with Gasteiger partial charge in [-0.1, -0.05) is 17.4 Å². The second-order valence-electron chi connectivity index (χ2n) is 2.74. The Morgan fingerprint density at radius 2 is 2.33 bits per heavy atom. The molecule has 1 aromatic carbocycles. The molecule has 1 heterocycles. The summed E-state index contributed by atoms with van der Waals surface area (Å²) in [5.41, 5.74) is 0.395. The maximum absolute atomic E-state index is 13.8. The maximum atomic E-state index is 13.8. The number of H-pyrrole nitrogens is 1. The summed E-state index contributed by atoms with van der Waals surface area (Å²) >= 11 is 6.11. The number of hydrogen-bond donors (Lipinski definition) is 1. The van der Waals surface area contributed by atoms with E-state index in [1.54, 1.807) is 18.2 Å². The zero-order chi connectivity index (χ0) is 10.8. The molecule has 0 saturated heterocycles. The van der Waals surface area contributed by atoms with E-state index in [0.717, 1.165) is 0 Å². The van der Waals surface area contributed by atoms with Gasteiger partial charge in [-0.05, 0) is 24.4 Å². The van der Waals surface area contributed by atoms with E-state index in [1.807, 2.05) is 0 Å². The Bertz CT molecular complexity index is 535. The van der Waals surface area contributed by atoms with Crippen molar-refractivity contribution in [1.82, 2.24) is 10.2 Å². The third-order valence-corrected chi connectivity index (χ3v) is 2.97. The molecular formula is C9H7FN2OS2. The average Bonchev–Trinajstić information content (AvgIpc) is 2.65. The highest BCUT2D eigenvalue weighted by Gasteiger charge is 2.12. The molecule has 2 rings (SSSR count). The number of hydrogen-bond acceptors (Lipinski definition) is 4. The molecule has 0 fully saturated rings. The van der Waals surface area contributed by atoms with E-state index in [1.165, 1.54) is 18.4 Å². The SMILES string of the molecule is COc1cccc(-c2n[nH]c(=S)s2)c1F. The second kappa shape index (κ2) is 4.08. The third kappa shape index (κ3) is 1.91. The van der Waals surface area contributed by atoms with Crippen LogP contribution in [0.2, 0.25) is 0 Å². The zero-order valence-corrected chi connectivity index (χ0v) is 9.41. The molecule has 0 bridgehead atoms. The van der Waals surface area contributed by atoms with Gasteiger partial charge in [-0.3, -0.25) is 5.10 Å². The molecule has 3 nitrogen and oxygen atoms in total. The van der Waals surface area contributed by atoms with E-state index >= 15 is 0 Å². The van der Waals surface area contributed by atoms with Crippen LogP contribution in [0.3, 0.4) is 0 Å². The first kappa shape index (κ1) is 10.3. The monoisotopic (exact) mass is 242 g/mol. The topological polar surface area (TPSA) is 37.9 Å². The Hall–Kier alpha value is -1.27. The number of methoxy groups -OCH3 is 1. The molecule has 0 radical (unpaired) electrons. The summed E-state index contributed by atoms with van der Waals surface area (Å²) in [6, 6.07) is 4.91. The van der Waals surface area contributed by atoms with Crippen LogP contribution in [0.25, 0.3) is 10.6 Å². The van der Waals surface area contributed by atoms with E-state index < -0.39 is 5.82 Å². The molecule has 0 aliphatic heterocycles. The van der Waals surface area contributed by atoms with Gasteiger partial charge in [-0.25, -0.2) is 4.39 Å². The third-order valence-electron chi connectivity index (χ3n) is 1.85. The molecular weight excluding hydrogens is 235 g/mol. The van der Waals surface area contributed by atoms with E-state index in [0.29, 0.717) is 14.5 Å². The van der Waals surface area contributed by atoms with Gasteiger partial charge in [0.2, 0.25) is 0 Å². The van der Waals surface area contributed by atoms with Crippen LogP contribution in [0, 0.1) is 9.77 Å². The summed E-state index contributed by atoms with van der Waals surface area (Å²) in [6.45, 7) is 0. The Kier molecular flexibility index (Phi) is 2.79. The minimum absolute atomic E-state index is 0.202. The molecule has 0 aliphatic rings. The second-order valence-corrected chi connectivity index (χ2v) is 4.41. The maximum Gasteiger partial charge on any atom is 0.176 e. The van der Waals surface area contributed by atoms with Crippen molar-refractivity contribution in [2.75, 3.05) is 7.11 Å². The number of nitrogens with one attached hydrogen (secondary N) is 1. The van der Waals surface area contributed by atoms with Gasteiger partial charge < -0.3 is 4.74 Å². The van der Waals surface area contributed by atoms with Gasteiger partial charge in [0.25, 0.3) is 0 Å². The lowest BCUT2D eigenvalue weighted by Crippen LogP contribution is -1.90. The van der Waals surface area contributed by atoms with Crippen molar-refractivity contribution in [1.29, 1.82) is 0 Å². The smallest absolute Gasteiger partial charge is 0.176 e. The van der Waals surface area contributed by atoms with Crippen LogP contribution in [0.4, 0.5) is 4.39 Å². The molecule has 0 unspecified atom stereocenters. The summed E-state index contributed by atoms with van der Waals surface area (Å²) in [7, 11) is 1.43. The predicted octanol–water partition coefficient (Wildman–Crippen LogP) is 3.02. The van der Waals surface area contributed by atoms with E-state index in [9.17, 15) is 4.39 Å². The van der Waals surface area contributed by atoms with Crippen molar-refractivity contribution >= 4 is 23.6 Å². The number of benzene rings is 1. The van der Waals surface area contributed by atoms with Gasteiger partial charge in [0.15, 0.2) is 15.5 Å². The first-order valence-electron chi connectivity index (χ1n) is 4.10. The molecule has 0 amide bonds. The molecule has 0 saturated carbocycles. The summed E-state index contributed by atoms with van der Waals surface area (Å²) < 4.78 is 19.2. The number of rotatable bonds is 2. The molecule has 1 N–H and O–H groups in total. The normalized spacial score (nSPS) is 10.3. The fraction of sp³-hybridized carbons (Fsp3) is 0.111. The molecule has 1 aromatic heterocycles. The van der Waals surface area contributed by atoms with Crippen molar-refractivity contribution in [3.8, 4) is 16.3 Å². The minimum atomic E-state index is -0.419. The van der Waals surface area contributed by atoms with Crippen LogP contribution in [-0.2, 0) is 0 Å². The zero-order valence-electron chi connectivity index (χ0n) is 7.78. The van der Waals surface area contributed by atoms with E-state index in [4.69, 9.17) is 17.0 Å². The summed E-state index contributed by atoms with van der Waals surface area (Å²) in [6.07, 6.45) is 0. The Labute approximate surface area is 94.5 Å². The van der Waals surface area contributed by atoms with Gasteiger partial charge >= 0.3 is 0 Å². The first-order valence-corrected chi connectivity index (χ1v) is 5.33. The number of aromatic amines is 1. The summed E-state index contributed by atoms with van der Waals surface area (Å²) in [4.78, 5) is 0. The molecule has 15 heavy (non-hydrogen) atoms. The minimum Gasteiger partial charge on any atom is -0.494 e. The van der Waals surface area contributed by atoms with Crippen LogP contribution >= 0.6 is 23.6 Å². The lowest BCUT2D eigenvalue weighted by atomic mass is 10.2. The lowest BCUT2D eigenvalue weighted by Gasteiger charge is -2.03. The van der Waals surface area contributed by atoms with Crippen LogP contribution in [0.1, 0.15) is 0 Å². The largest absolute Gasteiger partial charge is 0.494 e. The van der Waals surface area contributed by atoms with Crippen molar-refractivity contribution in [2.45, 2.75) is 0 Å². The van der Waals surface area contributed by atoms with Gasteiger partial charge in [0.05, 0.1) is 12.7 Å². The Balaban J connectivity index is 2.58. The first-order chi connectivity index (χ1) is 7.22. The standard InChI is InChI=1S/C9H7FN2OS2/c1-13-6-4-2-3-5(7(6)10)8-11-12-9(14)15-8/h2-4H,1H3,(H,12,14). The van der Waals surface area contributed by atoms with Crippen molar-refractivity contribution in [2.24, 2.45) is 0 Å². The average molecular weight is 242 g/mol. The van der Waals surface area contributed by atoms with Gasteiger partial charge in [-0.2, -0.15) is 5.10 Å². The molecule has 78 valence electrons. The lowest BCUT2D eigenvalue weighted by molar-refractivity contribution is 0.387. The quantitative estimate of drug-likeness (QED) is 0.823. The Morgan fingerprint density at radius 1 is 1.53 bits per heavy atom. The number of halogens is 1. The van der Waals surface area contributed by atoms with E-state index in [-0.39, 0.29) is 5.75 Å². The predicted molar refractivity (Wildman–Crippen MR) is 59.2 cm³/mol. The highest BCUT2D eigenvalue weighted by molar-refractivity contribution is 7.73. The van der Waals surface area contributed by atoms with Crippen LogP contribution in [-0.4, -0.2) is 17.3 Å². The van der Waals surface area contributed by atoms with Crippen molar-refractivity contribution in [3.05, 3.63) is 28.0 Å².